The Morgan fingerprint density at radius 1 is 1.22 bits per heavy atom. The van der Waals surface area contributed by atoms with E-state index in [2.05, 4.69) is 0 Å². The first-order chi connectivity index (χ1) is 11.0. The number of benzene rings is 1. The maximum Gasteiger partial charge on any atom is 0.508 e. The van der Waals surface area contributed by atoms with Crippen LogP contribution in [0.25, 0.3) is 6.08 Å². The van der Waals surface area contributed by atoms with E-state index in [9.17, 15) is 4.79 Å². The minimum Gasteiger partial charge on any atom is -0.497 e. The summed E-state index contributed by atoms with van der Waals surface area (Å²) < 4.78 is 22.2. The van der Waals surface area contributed by atoms with Gasteiger partial charge in [0.25, 0.3) is 0 Å². The third kappa shape index (κ3) is 4.41. The number of primary amides is 1. The Hall–Kier alpha value is -1.67. The van der Waals surface area contributed by atoms with Crippen LogP contribution in [0.5, 0.6) is 5.75 Å². The van der Waals surface area contributed by atoms with Crippen LogP contribution in [0.1, 0.15) is 30.0 Å². The molecule has 0 fully saturated rings. The van der Waals surface area contributed by atoms with Crippen molar-refractivity contribution < 1.29 is 22.8 Å². The van der Waals surface area contributed by atoms with E-state index in [0.29, 0.717) is 5.75 Å². The number of methoxy groups -OCH3 is 1. The number of ether oxygens (including phenoxy) is 1. The second kappa shape index (κ2) is 8.83. The molecule has 0 saturated heterocycles. The Kier molecular flexibility index (Phi) is 7.44. The zero-order chi connectivity index (χ0) is 17.5. The van der Waals surface area contributed by atoms with Gasteiger partial charge in [0.2, 0.25) is 5.91 Å². The molecular weight excluding hydrogens is 314 g/mol. The summed E-state index contributed by atoms with van der Waals surface area (Å²) in [7, 11) is 3.44. The number of hydrogen-bond donors (Lipinski definition) is 1. The Labute approximate surface area is 138 Å². The molecule has 128 valence electrons. The molecule has 1 aromatic rings. The molecule has 2 N–H and O–H groups in total. The summed E-state index contributed by atoms with van der Waals surface area (Å²) in [5.74, 6) is 0.203. The highest BCUT2D eigenvalue weighted by Crippen LogP contribution is 2.36. The molecule has 0 spiro atoms. The topological polar surface area (TPSA) is 80.0 Å². The molecule has 7 heteroatoms. The monoisotopic (exact) mass is 339 g/mol. The predicted molar refractivity (Wildman–Crippen MR) is 91.0 cm³/mol. The first kappa shape index (κ1) is 19.4. The minimum atomic E-state index is -2.92. The van der Waals surface area contributed by atoms with Gasteiger partial charge in [-0.1, -0.05) is 13.0 Å². The lowest BCUT2D eigenvalue weighted by Crippen LogP contribution is -2.49. The number of hydrogen-bond acceptors (Lipinski definition) is 5. The van der Waals surface area contributed by atoms with Crippen molar-refractivity contribution in [1.29, 1.82) is 0 Å². The van der Waals surface area contributed by atoms with Gasteiger partial charge in [-0.15, -0.1) is 0 Å². The van der Waals surface area contributed by atoms with E-state index < -0.39 is 14.7 Å². The fraction of sp³-hybridized carbons (Fsp3) is 0.438. The molecule has 0 aliphatic carbocycles. The summed E-state index contributed by atoms with van der Waals surface area (Å²) in [4.78, 5) is 11.1. The van der Waals surface area contributed by atoms with E-state index in [-0.39, 0.29) is 5.54 Å². The Morgan fingerprint density at radius 2 is 1.83 bits per heavy atom. The molecule has 0 bridgehead atoms. The largest absolute Gasteiger partial charge is 0.508 e. The lowest BCUT2D eigenvalue weighted by Gasteiger charge is -2.33. The summed E-state index contributed by atoms with van der Waals surface area (Å²) in [6.45, 7) is 2.03. The van der Waals surface area contributed by atoms with Crippen LogP contribution in [0, 0.1) is 0 Å². The van der Waals surface area contributed by atoms with Crippen molar-refractivity contribution in [3.05, 3.63) is 35.4 Å². The predicted octanol–water partition coefficient (Wildman–Crippen LogP) is 2.10. The van der Waals surface area contributed by atoms with Crippen LogP contribution < -0.4 is 10.5 Å². The van der Waals surface area contributed by atoms with Crippen molar-refractivity contribution in [3.63, 3.8) is 0 Å². The molecule has 1 aromatic carbocycles. The molecule has 1 unspecified atom stereocenters. The fourth-order valence-corrected chi connectivity index (χ4v) is 5.13. The average Bonchev–Trinajstić information content (AvgIpc) is 2.58. The van der Waals surface area contributed by atoms with Gasteiger partial charge in [0.15, 0.2) is 0 Å². The van der Waals surface area contributed by atoms with Gasteiger partial charge in [-0.3, -0.25) is 4.79 Å². The van der Waals surface area contributed by atoms with E-state index in [1.54, 1.807) is 34.5 Å². The number of carbonyl (C=O) groups is 1. The zero-order valence-corrected chi connectivity index (χ0v) is 15.3. The van der Waals surface area contributed by atoms with Crippen molar-refractivity contribution >= 4 is 20.8 Å². The summed E-state index contributed by atoms with van der Waals surface area (Å²) in [5.41, 5.74) is 6.88. The zero-order valence-electron chi connectivity index (χ0n) is 14.3. The van der Waals surface area contributed by atoms with Crippen LogP contribution in [0.3, 0.4) is 0 Å². The highest BCUT2D eigenvalue weighted by Gasteiger charge is 2.47. The van der Waals surface area contributed by atoms with E-state index in [0.717, 1.165) is 17.5 Å². The van der Waals surface area contributed by atoms with Crippen LogP contribution in [0.15, 0.2) is 24.3 Å². The summed E-state index contributed by atoms with van der Waals surface area (Å²) in [5, 5.41) is 0. The maximum absolute atomic E-state index is 11.1. The molecule has 0 radical (unpaired) electrons. The number of amides is 1. The fourth-order valence-electron chi connectivity index (χ4n) is 2.64. The van der Waals surface area contributed by atoms with E-state index in [1.165, 1.54) is 6.08 Å². The SMILES string of the molecule is CCC(c1cc(OC)ccc1C=CC(N)=O)[Si](OC)(OC)OC. The summed E-state index contributed by atoms with van der Waals surface area (Å²) in [6, 6.07) is 5.61. The molecular formula is C16H25NO5Si. The number of carbonyl (C=O) groups excluding carboxylic acids is 1. The average molecular weight is 339 g/mol. The molecule has 0 heterocycles. The lowest BCUT2D eigenvalue weighted by atomic mass is 10.0. The third-order valence-electron chi connectivity index (χ3n) is 3.79. The molecule has 1 amide bonds. The van der Waals surface area contributed by atoms with E-state index in [1.807, 2.05) is 25.1 Å². The van der Waals surface area contributed by atoms with Gasteiger partial charge in [-0.2, -0.15) is 0 Å². The normalized spacial score (nSPS) is 13.3. The minimum absolute atomic E-state index is 0.106. The van der Waals surface area contributed by atoms with Crippen LogP contribution >= 0.6 is 0 Å². The van der Waals surface area contributed by atoms with Crippen molar-refractivity contribution in [2.75, 3.05) is 28.4 Å². The molecule has 1 rings (SSSR count). The lowest BCUT2D eigenvalue weighted by molar-refractivity contribution is -0.113. The molecule has 0 aliphatic rings. The van der Waals surface area contributed by atoms with Gasteiger partial charge < -0.3 is 23.7 Å². The van der Waals surface area contributed by atoms with Gasteiger partial charge in [0.1, 0.15) is 5.75 Å². The van der Waals surface area contributed by atoms with Crippen LogP contribution in [0.2, 0.25) is 0 Å². The molecule has 0 saturated carbocycles. The van der Waals surface area contributed by atoms with Crippen molar-refractivity contribution in [3.8, 4) is 5.75 Å². The van der Waals surface area contributed by atoms with Gasteiger partial charge in [0, 0.05) is 27.4 Å². The van der Waals surface area contributed by atoms with Crippen LogP contribution in [-0.2, 0) is 18.1 Å². The van der Waals surface area contributed by atoms with Crippen molar-refractivity contribution in [2.24, 2.45) is 5.73 Å². The molecule has 1 atom stereocenters. The van der Waals surface area contributed by atoms with Gasteiger partial charge >= 0.3 is 8.80 Å². The smallest absolute Gasteiger partial charge is 0.497 e. The van der Waals surface area contributed by atoms with Gasteiger partial charge in [-0.05, 0) is 35.8 Å². The highest BCUT2D eigenvalue weighted by molar-refractivity contribution is 6.62. The first-order valence-electron chi connectivity index (χ1n) is 7.28. The first-order valence-corrected chi connectivity index (χ1v) is 9.09. The highest BCUT2D eigenvalue weighted by atomic mass is 28.4. The summed E-state index contributed by atoms with van der Waals surface area (Å²) >= 11 is 0. The molecule has 0 aromatic heterocycles. The maximum atomic E-state index is 11.1. The van der Waals surface area contributed by atoms with Crippen molar-refractivity contribution in [1.82, 2.24) is 0 Å². The van der Waals surface area contributed by atoms with E-state index >= 15 is 0 Å². The molecule has 0 aliphatic heterocycles. The third-order valence-corrected chi connectivity index (χ3v) is 7.07. The number of nitrogens with two attached hydrogens (primary N) is 1. The molecule has 6 nitrogen and oxygen atoms in total. The second-order valence-electron chi connectivity index (χ2n) is 4.91. The number of rotatable bonds is 9. The molecule has 23 heavy (non-hydrogen) atoms. The van der Waals surface area contributed by atoms with Crippen LogP contribution in [-0.4, -0.2) is 43.2 Å². The Bertz CT molecular complexity index is 549. The van der Waals surface area contributed by atoms with Gasteiger partial charge in [0.05, 0.1) is 12.7 Å². The Morgan fingerprint density at radius 3 is 2.26 bits per heavy atom. The summed E-state index contributed by atoms with van der Waals surface area (Å²) in [6.07, 6.45) is 3.75. The quantitative estimate of drug-likeness (QED) is 0.550. The standard InChI is InChI=1S/C16H25NO5Si/c1-6-15(23(20-3,21-4)22-5)14-11-13(19-2)9-7-12(14)8-10-16(17)18/h7-11,15H,6H2,1-5H3,(H2,17,18). The van der Waals surface area contributed by atoms with Gasteiger partial charge in [-0.25, -0.2) is 0 Å². The Balaban J connectivity index is 3.47. The van der Waals surface area contributed by atoms with Crippen molar-refractivity contribution in [2.45, 2.75) is 18.9 Å². The van der Waals surface area contributed by atoms with E-state index in [4.69, 9.17) is 23.7 Å². The van der Waals surface area contributed by atoms with Crippen LogP contribution in [0.4, 0.5) is 0 Å². The second-order valence-corrected chi connectivity index (χ2v) is 8.04.